The third-order valence-electron chi connectivity index (χ3n) is 2.23. The number of fused-ring (bicyclic) bond motifs is 2. The first-order valence-corrected chi connectivity index (χ1v) is 5.52. The Morgan fingerprint density at radius 2 is 2.20 bits per heavy atom. The fourth-order valence-electron chi connectivity index (χ4n) is 1.50. The van der Waals surface area contributed by atoms with Gasteiger partial charge in [0.15, 0.2) is 0 Å². The lowest BCUT2D eigenvalue weighted by Gasteiger charge is -2.18. The minimum absolute atomic E-state index is 0.917. The van der Waals surface area contributed by atoms with Crippen molar-refractivity contribution >= 4 is 23.3 Å². The van der Waals surface area contributed by atoms with E-state index in [2.05, 4.69) is 15.3 Å². The molecule has 0 aromatic carbocycles. The van der Waals surface area contributed by atoms with E-state index in [0.29, 0.717) is 0 Å². The van der Waals surface area contributed by atoms with E-state index in [1.807, 2.05) is 31.2 Å². The molecule has 0 bridgehead atoms. The zero-order valence-corrected chi connectivity index (χ0v) is 9.01. The lowest BCUT2D eigenvalue weighted by Crippen LogP contribution is -2.03. The molecule has 15 heavy (non-hydrogen) atoms. The van der Waals surface area contributed by atoms with Gasteiger partial charge in [0.2, 0.25) is 0 Å². The average molecular weight is 215 g/mol. The number of hydrogen-bond acceptors (Lipinski definition) is 4. The molecule has 3 rings (SSSR count). The van der Waals surface area contributed by atoms with Crippen molar-refractivity contribution in [2.24, 2.45) is 0 Å². The van der Waals surface area contributed by atoms with Crippen molar-refractivity contribution < 1.29 is 0 Å². The van der Waals surface area contributed by atoms with E-state index < -0.39 is 0 Å². The van der Waals surface area contributed by atoms with Gasteiger partial charge in [-0.05, 0) is 31.2 Å². The van der Waals surface area contributed by atoms with Gasteiger partial charge in [0.25, 0.3) is 0 Å². The van der Waals surface area contributed by atoms with Crippen LogP contribution in [0, 0.1) is 6.92 Å². The molecule has 1 N–H and O–H groups in total. The first-order chi connectivity index (χ1) is 7.33. The second-order valence-corrected chi connectivity index (χ2v) is 4.41. The molecule has 3 heterocycles. The van der Waals surface area contributed by atoms with E-state index >= 15 is 0 Å². The predicted octanol–water partition coefficient (Wildman–Crippen LogP) is 2.99. The minimum atomic E-state index is 0.917. The molecular formula is C11H9N3S. The molecule has 0 saturated carbocycles. The lowest BCUT2D eigenvalue weighted by atomic mass is 10.3. The third-order valence-corrected chi connectivity index (χ3v) is 3.28. The van der Waals surface area contributed by atoms with Crippen molar-refractivity contribution in [1.82, 2.24) is 9.97 Å². The number of nitrogens with one attached hydrogen (secondary N) is 1. The molecule has 0 amide bonds. The smallest absolute Gasteiger partial charge is 0.144 e. The fourth-order valence-corrected chi connectivity index (χ4v) is 2.48. The summed E-state index contributed by atoms with van der Waals surface area (Å²) in [5.41, 5.74) is 2.08. The van der Waals surface area contributed by atoms with Gasteiger partial charge in [0, 0.05) is 11.9 Å². The molecule has 0 spiro atoms. The highest BCUT2D eigenvalue weighted by Crippen LogP contribution is 2.41. The van der Waals surface area contributed by atoms with Crippen LogP contribution in [0.25, 0.3) is 0 Å². The summed E-state index contributed by atoms with van der Waals surface area (Å²) in [5, 5.41) is 4.30. The zero-order valence-electron chi connectivity index (χ0n) is 8.19. The van der Waals surface area contributed by atoms with Crippen molar-refractivity contribution in [3.63, 3.8) is 0 Å². The Kier molecular flexibility index (Phi) is 1.89. The van der Waals surface area contributed by atoms with Crippen LogP contribution in [0.2, 0.25) is 0 Å². The molecule has 0 fully saturated rings. The summed E-state index contributed by atoms with van der Waals surface area (Å²) in [6.45, 7) is 2.00. The van der Waals surface area contributed by atoms with Crippen LogP contribution in [0.4, 0.5) is 11.5 Å². The number of aromatic nitrogens is 2. The average Bonchev–Trinajstić information content (AvgIpc) is 2.26. The van der Waals surface area contributed by atoms with Crippen molar-refractivity contribution in [3.8, 4) is 0 Å². The Labute approximate surface area is 92.0 Å². The Bertz CT molecular complexity index is 525. The first kappa shape index (κ1) is 8.73. The molecule has 4 heteroatoms. The molecule has 0 radical (unpaired) electrons. The number of nitrogens with zero attached hydrogens (tertiary/aromatic N) is 2. The number of aryl methyl sites for hydroxylation is 1. The number of rotatable bonds is 0. The van der Waals surface area contributed by atoms with Gasteiger partial charge in [0.1, 0.15) is 10.8 Å². The monoisotopic (exact) mass is 215 g/mol. The third kappa shape index (κ3) is 1.47. The maximum Gasteiger partial charge on any atom is 0.144 e. The summed E-state index contributed by atoms with van der Waals surface area (Å²) in [5.74, 6) is 0.917. The SMILES string of the molecule is Cc1ccc2c(n1)Sc1cccnc1N2. The second kappa shape index (κ2) is 3.24. The predicted molar refractivity (Wildman–Crippen MR) is 60.6 cm³/mol. The molecule has 74 valence electrons. The van der Waals surface area contributed by atoms with Gasteiger partial charge < -0.3 is 5.32 Å². The van der Waals surface area contributed by atoms with Crippen LogP contribution in [0.5, 0.6) is 0 Å². The second-order valence-electron chi connectivity index (χ2n) is 3.38. The molecule has 1 aliphatic heterocycles. The summed E-state index contributed by atoms with van der Waals surface area (Å²) in [6.07, 6.45) is 1.79. The number of hydrogen-bond donors (Lipinski definition) is 1. The van der Waals surface area contributed by atoms with Gasteiger partial charge in [-0.1, -0.05) is 11.8 Å². The van der Waals surface area contributed by atoms with Crippen molar-refractivity contribution in [1.29, 1.82) is 0 Å². The summed E-state index contributed by atoms with van der Waals surface area (Å²) in [4.78, 5) is 9.89. The molecule has 0 atom stereocenters. The highest BCUT2D eigenvalue weighted by Gasteiger charge is 2.16. The summed E-state index contributed by atoms with van der Waals surface area (Å²) in [6, 6.07) is 8.03. The number of anilines is 2. The van der Waals surface area contributed by atoms with Crippen LogP contribution in [-0.4, -0.2) is 9.97 Å². The fraction of sp³-hybridized carbons (Fsp3) is 0.0909. The van der Waals surface area contributed by atoms with Crippen LogP contribution in [0.15, 0.2) is 40.4 Å². The van der Waals surface area contributed by atoms with E-state index in [1.165, 1.54) is 0 Å². The Morgan fingerprint density at radius 3 is 3.13 bits per heavy atom. The van der Waals surface area contributed by atoms with Crippen LogP contribution in [0.1, 0.15) is 5.69 Å². The van der Waals surface area contributed by atoms with E-state index in [0.717, 1.165) is 27.1 Å². The van der Waals surface area contributed by atoms with Gasteiger partial charge in [-0.3, -0.25) is 0 Å². The Hall–Kier alpha value is -1.55. The van der Waals surface area contributed by atoms with Gasteiger partial charge in [0.05, 0.1) is 10.6 Å². The maximum atomic E-state index is 4.49. The van der Waals surface area contributed by atoms with Gasteiger partial charge in [-0.15, -0.1) is 0 Å². The Morgan fingerprint density at radius 1 is 1.27 bits per heavy atom. The van der Waals surface area contributed by atoms with Gasteiger partial charge >= 0.3 is 0 Å². The molecule has 1 aliphatic rings. The van der Waals surface area contributed by atoms with Crippen LogP contribution in [0.3, 0.4) is 0 Å². The topological polar surface area (TPSA) is 37.8 Å². The Balaban J connectivity index is 2.11. The van der Waals surface area contributed by atoms with Crippen LogP contribution in [-0.2, 0) is 0 Å². The standard InChI is InChI=1S/C11H9N3S/c1-7-4-5-8-11(13-7)15-9-3-2-6-12-10(9)14-8/h2-6H,1H3,(H,12,14). The lowest BCUT2D eigenvalue weighted by molar-refractivity contribution is 1.05. The highest BCUT2D eigenvalue weighted by molar-refractivity contribution is 7.99. The van der Waals surface area contributed by atoms with Crippen molar-refractivity contribution in [2.45, 2.75) is 16.8 Å². The minimum Gasteiger partial charge on any atom is -0.337 e. The maximum absolute atomic E-state index is 4.49. The van der Waals surface area contributed by atoms with Crippen molar-refractivity contribution in [3.05, 3.63) is 36.2 Å². The van der Waals surface area contributed by atoms with Gasteiger partial charge in [-0.2, -0.15) is 0 Å². The molecule has 2 aromatic heterocycles. The van der Waals surface area contributed by atoms with Crippen LogP contribution >= 0.6 is 11.8 Å². The molecule has 2 aromatic rings. The summed E-state index contributed by atoms with van der Waals surface area (Å²) < 4.78 is 0. The van der Waals surface area contributed by atoms with Crippen LogP contribution < -0.4 is 5.32 Å². The first-order valence-electron chi connectivity index (χ1n) is 4.70. The largest absolute Gasteiger partial charge is 0.337 e. The molecule has 0 unspecified atom stereocenters. The molecule has 0 aliphatic carbocycles. The molecule has 0 saturated heterocycles. The quantitative estimate of drug-likeness (QED) is 0.625. The molecular weight excluding hydrogens is 206 g/mol. The normalized spacial score (nSPS) is 12.6. The summed E-state index contributed by atoms with van der Waals surface area (Å²) >= 11 is 1.66. The van der Waals surface area contributed by atoms with Gasteiger partial charge in [-0.25, -0.2) is 9.97 Å². The molecule has 3 nitrogen and oxygen atoms in total. The highest BCUT2D eigenvalue weighted by atomic mass is 32.2. The number of pyridine rings is 2. The van der Waals surface area contributed by atoms with Crippen molar-refractivity contribution in [2.75, 3.05) is 5.32 Å². The van der Waals surface area contributed by atoms with E-state index in [4.69, 9.17) is 0 Å². The van der Waals surface area contributed by atoms with E-state index in [-0.39, 0.29) is 0 Å². The summed E-state index contributed by atoms with van der Waals surface area (Å²) in [7, 11) is 0. The van der Waals surface area contributed by atoms with E-state index in [1.54, 1.807) is 18.0 Å². The van der Waals surface area contributed by atoms with E-state index in [9.17, 15) is 0 Å². The zero-order chi connectivity index (χ0) is 10.3.